The number of nitrogens with zero attached hydrogens (tertiary/aromatic N) is 1. The number of fused-ring (bicyclic) bond motifs is 1. The molecule has 0 aromatic rings. The summed E-state index contributed by atoms with van der Waals surface area (Å²) in [5, 5.41) is 0. The number of hydrogen-bond acceptors (Lipinski definition) is 1. The molecule has 2 aliphatic rings. The van der Waals surface area contributed by atoms with Crippen molar-refractivity contribution < 1.29 is 0 Å². The van der Waals surface area contributed by atoms with Crippen LogP contribution >= 0.6 is 0 Å². The van der Waals surface area contributed by atoms with E-state index in [1.165, 1.54) is 22.6 Å². The van der Waals surface area contributed by atoms with Gasteiger partial charge in [0.25, 0.3) is 0 Å². The molecule has 1 heteroatoms. The summed E-state index contributed by atoms with van der Waals surface area (Å²) in [4.78, 5) is 4.47. The lowest BCUT2D eigenvalue weighted by atomic mass is 9.98. The van der Waals surface area contributed by atoms with Crippen LogP contribution in [-0.2, 0) is 0 Å². The fourth-order valence-corrected chi connectivity index (χ4v) is 1.48. The first-order valence-corrected chi connectivity index (χ1v) is 3.91. The van der Waals surface area contributed by atoms with Crippen molar-refractivity contribution in [1.82, 2.24) is 0 Å². The molecule has 0 radical (unpaired) electrons. The molecule has 2 rings (SSSR count). The topological polar surface area (TPSA) is 12.4 Å². The van der Waals surface area contributed by atoms with E-state index in [1.807, 2.05) is 0 Å². The number of rotatable bonds is 0. The molecule has 0 amide bonds. The van der Waals surface area contributed by atoms with Gasteiger partial charge in [-0.3, -0.25) is 4.99 Å². The molecule has 56 valence electrons. The van der Waals surface area contributed by atoms with Gasteiger partial charge in [-0.1, -0.05) is 18.2 Å². The minimum absolute atomic E-state index is 1.00. The second-order valence-corrected chi connectivity index (χ2v) is 2.98. The molecule has 1 aliphatic heterocycles. The lowest BCUT2D eigenvalue weighted by molar-refractivity contribution is 1.27. The Labute approximate surface area is 66.8 Å². The van der Waals surface area contributed by atoms with E-state index < -0.39 is 0 Å². The van der Waals surface area contributed by atoms with Crippen LogP contribution < -0.4 is 0 Å². The number of allylic oxidation sites excluding steroid dienone is 6. The summed E-state index contributed by atoms with van der Waals surface area (Å²) in [6.45, 7) is 4.21. The molecule has 0 aromatic heterocycles. The zero-order valence-corrected chi connectivity index (χ0v) is 6.89. The third kappa shape index (κ3) is 0.881. The first-order valence-electron chi connectivity index (χ1n) is 3.91. The van der Waals surface area contributed by atoms with Crippen LogP contribution in [0.3, 0.4) is 0 Å². The summed E-state index contributed by atoms with van der Waals surface area (Å²) in [6, 6.07) is 0. The van der Waals surface area contributed by atoms with Gasteiger partial charge in [0.2, 0.25) is 0 Å². The summed E-state index contributed by atoms with van der Waals surface area (Å²) in [5.41, 5.74) is 5.09. The Morgan fingerprint density at radius 2 is 2.18 bits per heavy atom. The Hall–Kier alpha value is -1.11. The average Bonchev–Trinajstić information content (AvgIpc) is 2.30. The van der Waals surface area contributed by atoms with Crippen molar-refractivity contribution in [1.29, 1.82) is 0 Å². The highest BCUT2D eigenvalue weighted by molar-refractivity contribution is 6.08. The lowest BCUT2D eigenvalue weighted by Gasteiger charge is -2.05. The Bertz CT molecular complexity index is 314. The summed E-state index contributed by atoms with van der Waals surface area (Å²) < 4.78 is 0. The van der Waals surface area contributed by atoms with Crippen LogP contribution in [-0.4, -0.2) is 5.71 Å². The molecule has 0 N–H and O–H groups in total. The summed E-state index contributed by atoms with van der Waals surface area (Å²) in [6.07, 6.45) is 7.40. The van der Waals surface area contributed by atoms with Gasteiger partial charge in [0, 0.05) is 17.7 Å². The van der Waals surface area contributed by atoms with Gasteiger partial charge < -0.3 is 0 Å². The molecular formula is C10H11N. The Kier molecular flexibility index (Phi) is 1.31. The highest BCUT2D eigenvalue weighted by Crippen LogP contribution is 2.28. The van der Waals surface area contributed by atoms with Crippen molar-refractivity contribution in [3.63, 3.8) is 0 Å². The maximum atomic E-state index is 4.47. The van der Waals surface area contributed by atoms with E-state index in [-0.39, 0.29) is 0 Å². The second kappa shape index (κ2) is 2.19. The zero-order chi connectivity index (χ0) is 7.84. The van der Waals surface area contributed by atoms with Crippen LogP contribution in [0.5, 0.6) is 0 Å². The first-order chi connectivity index (χ1) is 5.29. The van der Waals surface area contributed by atoms with E-state index in [9.17, 15) is 0 Å². The van der Waals surface area contributed by atoms with Crippen molar-refractivity contribution >= 4 is 5.71 Å². The van der Waals surface area contributed by atoms with Gasteiger partial charge >= 0.3 is 0 Å². The monoisotopic (exact) mass is 145 g/mol. The van der Waals surface area contributed by atoms with Gasteiger partial charge in [-0.25, -0.2) is 0 Å². The summed E-state index contributed by atoms with van der Waals surface area (Å²) in [5.74, 6) is 0. The van der Waals surface area contributed by atoms with Crippen molar-refractivity contribution in [2.24, 2.45) is 4.99 Å². The summed E-state index contributed by atoms with van der Waals surface area (Å²) in [7, 11) is 0. The molecule has 0 bridgehead atoms. The van der Waals surface area contributed by atoms with Crippen molar-refractivity contribution in [2.45, 2.75) is 20.3 Å². The normalized spacial score (nSPS) is 21.6. The van der Waals surface area contributed by atoms with Gasteiger partial charge in [0.05, 0.1) is 5.71 Å². The van der Waals surface area contributed by atoms with Crippen LogP contribution in [0.25, 0.3) is 0 Å². The zero-order valence-electron chi connectivity index (χ0n) is 6.89. The molecule has 11 heavy (non-hydrogen) atoms. The second-order valence-electron chi connectivity index (χ2n) is 2.98. The van der Waals surface area contributed by atoms with Crippen LogP contribution in [0.2, 0.25) is 0 Å². The van der Waals surface area contributed by atoms with Crippen LogP contribution in [0.1, 0.15) is 20.3 Å². The summed E-state index contributed by atoms with van der Waals surface area (Å²) >= 11 is 0. The van der Waals surface area contributed by atoms with Crippen LogP contribution in [0.15, 0.2) is 40.1 Å². The van der Waals surface area contributed by atoms with E-state index in [2.05, 4.69) is 37.1 Å². The third-order valence-electron chi connectivity index (χ3n) is 2.27. The van der Waals surface area contributed by atoms with Crippen LogP contribution in [0, 0.1) is 0 Å². The van der Waals surface area contributed by atoms with Crippen LogP contribution in [0.4, 0.5) is 0 Å². The largest absolute Gasteiger partial charge is 0.257 e. The van der Waals surface area contributed by atoms with E-state index in [0.717, 1.165) is 6.42 Å². The van der Waals surface area contributed by atoms with E-state index in [1.54, 1.807) is 0 Å². The van der Waals surface area contributed by atoms with Gasteiger partial charge in [-0.05, 0) is 19.4 Å². The Morgan fingerprint density at radius 3 is 2.91 bits per heavy atom. The third-order valence-corrected chi connectivity index (χ3v) is 2.27. The van der Waals surface area contributed by atoms with E-state index in [4.69, 9.17) is 0 Å². The fourth-order valence-electron chi connectivity index (χ4n) is 1.48. The molecule has 0 atom stereocenters. The van der Waals surface area contributed by atoms with E-state index >= 15 is 0 Å². The predicted molar refractivity (Wildman–Crippen MR) is 47.6 cm³/mol. The molecule has 0 aromatic carbocycles. The molecule has 1 aliphatic carbocycles. The van der Waals surface area contributed by atoms with Crippen molar-refractivity contribution in [2.75, 3.05) is 0 Å². The molecule has 1 nitrogen and oxygen atoms in total. The fraction of sp³-hybridized carbons (Fsp3) is 0.300. The van der Waals surface area contributed by atoms with Gasteiger partial charge in [0.15, 0.2) is 0 Å². The molecule has 0 saturated carbocycles. The smallest absolute Gasteiger partial charge is 0.0520 e. The minimum Gasteiger partial charge on any atom is -0.257 e. The average molecular weight is 145 g/mol. The lowest BCUT2D eigenvalue weighted by Crippen LogP contribution is -2.00. The Balaban J connectivity index is 2.50. The molecular weight excluding hydrogens is 134 g/mol. The molecule has 0 saturated heterocycles. The van der Waals surface area contributed by atoms with Crippen molar-refractivity contribution in [3.05, 3.63) is 35.1 Å². The van der Waals surface area contributed by atoms with Gasteiger partial charge in [0.1, 0.15) is 0 Å². The van der Waals surface area contributed by atoms with Gasteiger partial charge in [-0.15, -0.1) is 0 Å². The number of aliphatic imine (C=N–C) groups is 1. The quantitative estimate of drug-likeness (QED) is 0.497. The molecule has 1 heterocycles. The van der Waals surface area contributed by atoms with Crippen molar-refractivity contribution in [3.8, 4) is 0 Å². The molecule has 0 fully saturated rings. The van der Waals surface area contributed by atoms with E-state index in [0.29, 0.717) is 0 Å². The van der Waals surface area contributed by atoms with Gasteiger partial charge in [-0.2, -0.15) is 0 Å². The Morgan fingerprint density at radius 1 is 1.36 bits per heavy atom. The molecule has 0 unspecified atom stereocenters. The first kappa shape index (κ1) is 6.59. The molecule has 0 spiro atoms. The SMILES string of the molecule is CC1=C(C)C2=CC=CCC2=N1. The standard InChI is InChI=1S/C10H11N/c1-7-8(2)11-10-6-4-3-5-9(7)10/h3-5H,6H2,1-2H3. The number of hydrogen-bond donors (Lipinski definition) is 0. The maximum Gasteiger partial charge on any atom is 0.0520 e. The highest BCUT2D eigenvalue weighted by atomic mass is 14.8. The minimum atomic E-state index is 1.00. The predicted octanol–water partition coefficient (Wildman–Crippen LogP) is 2.62. The highest BCUT2D eigenvalue weighted by Gasteiger charge is 2.17. The maximum absolute atomic E-state index is 4.47.